The Morgan fingerprint density at radius 3 is 2.67 bits per heavy atom. The molecule has 3 N–H and O–H groups in total. The number of aliphatic hydroxyl groups excluding tert-OH is 1. The van der Waals surface area contributed by atoms with Gasteiger partial charge in [-0.15, -0.1) is 0 Å². The number of aliphatic hydroxyl groups is 1. The molecule has 2 aliphatic rings. The van der Waals surface area contributed by atoms with Gasteiger partial charge in [-0.05, 0) is 19.4 Å². The molecule has 2 unspecified atom stereocenters. The third-order valence-corrected chi connectivity index (χ3v) is 6.55. The summed E-state index contributed by atoms with van der Waals surface area (Å²) in [7, 11) is 0. The van der Waals surface area contributed by atoms with Crippen LogP contribution in [0.25, 0.3) is 0 Å². The second-order valence-corrected chi connectivity index (χ2v) is 9.43. The van der Waals surface area contributed by atoms with Crippen molar-refractivity contribution >= 4 is 17.4 Å². The van der Waals surface area contributed by atoms with Gasteiger partial charge in [-0.3, -0.25) is 9.59 Å². The normalized spacial score (nSPS) is 20.3. The molecule has 214 valence electrons. The number of anilines is 2. The number of pyridine rings is 1. The van der Waals surface area contributed by atoms with E-state index in [2.05, 4.69) is 15.4 Å². The molecular formula is C23H26F6N6O4. The van der Waals surface area contributed by atoms with Crippen LogP contribution in [0.1, 0.15) is 42.6 Å². The van der Waals surface area contributed by atoms with Crippen LogP contribution in [0, 0.1) is 0 Å². The van der Waals surface area contributed by atoms with Gasteiger partial charge >= 0.3 is 12.4 Å². The smallest absolute Gasteiger partial charge is 0.388 e. The summed E-state index contributed by atoms with van der Waals surface area (Å²) < 4.78 is 84.1. The van der Waals surface area contributed by atoms with Gasteiger partial charge < -0.3 is 25.0 Å². The maximum absolute atomic E-state index is 13.2. The SMILES string of the molecule is C[C@@H](COCCC(=O)N1CCN2c3ncc(C(F)(F)F)cc3C(O)CC2C1)Nc1cn[nH]c(=O)c1C(F)(F)F. The van der Waals surface area contributed by atoms with Crippen LogP contribution in [0.4, 0.5) is 37.8 Å². The highest BCUT2D eigenvalue weighted by atomic mass is 19.4. The first-order valence-corrected chi connectivity index (χ1v) is 12.0. The lowest BCUT2D eigenvalue weighted by Gasteiger charge is -2.46. The highest BCUT2D eigenvalue weighted by Crippen LogP contribution is 2.40. The van der Waals surface area contributed by atoms with Crippen molar-refractivity contribution in [3.05, 3.63) is 45.5 Å². The molecule has 2 aliphatic heterocycles. The van der Waals surface area contributed by atoms with Crippen LogP contribution in [-0.2, 0) is 21.9 Å². The molecule has 1 saturated heterocycles. The summed E-state index contributed by atoms with van der Waals surface area (Å²) in [6.07, 6.45) is -8.90. The predicted molar refractivity (Wildman–Crippen MR) is 125 cm³/mol. The number of rotatable bonds is 7. The summed E-state index contributed by atoms with van der Waals surface area (Å²) in [5.74, 6) is 0.0297. The molecule has 0 bridgehead atoms. The molecule has 0 radical (unpaired) electrons. The Morgan fingerprint density at radius 1 is 1.23 bits per heavy atom. The number of carbonyl (C=O) groups is 1. The van der Waals surface area contributed by atoms with Crippen molar-refractivity contribution < 1.29 is 41.0 Å². The van der Waals surface area contributed by atoms with Gasteiger partial charge in [-0.1, -0.05) is 0 Å². The number of ether oxygens (including phenoxy) is 1. The second-order valence-electron chi connectivity index (χ2n) is 9.43. The van der Waals surface area contributed by atoms with Crippen LogP contribution in [0.2, 0.25) is 0 Å². The zero-order valence-corrected chi connectivity index (χ0v) is 20.6. The molecule has 1 fully saturated rings. The zero-order valence-electron chi connectivity index (χ0n) is 20.6. The van der Waals surface area contributed by atoms with E-state index in [1.54, 1.807) is 21.8 Å². The Morgan fingerprint density at radius 2 is 1.97 bits per heavy atom. The number of nitrogens with zero attached hydrogens (tertiary/aromatic N) is 4. The van der Waals surface area contributed by atoms with E-state index in [0.29, 0.717) is 13.1 Å². The Bertz CT molecular complexity index is 1250. The first-order valence-electron chi connectivity index (χ1n) is 12.0. The van der Waals surface area contributed by atoms with E-state index in [-0.39, 0.29) is 55.9 Å². The summed E-state index contributed by atoms with van der Waals surface area (Å²) in [5.41, 5.74) is -4.09. The molecule has 0 aliphatic carbocycles. The minimum atomic E-state index is -4.88. The Kier molecular flexibility index (Phi) is 8.07. The van der Waals surface area contributed by atoms with Gasteiger partial charge in [0.2, 0.25) is 5.91 Å². The van der Waals surface area contributed by atoms with Gasteiger partial charge in [-0.2, -0.15) is 31.4 Å². The summed E-state index contributed by atoms with van der Waals surface area (Å²) in [5, 5.41) is 18.1. The minimum Gasteiger partial charge on any atom is -0.388 e. The Labute approximate surface area is 218 Å². The van der Waals surface area contributed by atoms with E-state index in [1.165, 1.54) is 0 Å². The van der Waals surface area contributed by atoms with E-state index < -0.39 is 46.9 Å². The van der Waals surface area contributed by atoms with E-state index in [4.69, 9.17) is 4.74 Å². The fraction of sp³-hybridized carbons (Fsp3) is 0.565. The van der Waals surface area contributed by atoms with E-state index in [1.807, 2.05) is 0 Å². The van der Waals surface area contributed by atoms with Gasteiger partial charge in [0, 0.05) is 37.4 Å². The molecule has 1 amide bonds. The number of hydrogen-bond donors (Lipinski definition) is 3. The summed E-state index contributed by atoms with van der Waals surface area (Å²) in [6.45, 7) is 2.33. The quantitative estimate of drug-likeness (QED) is 0.347. The molecule has 0 saturated carbocycles. The number of hydrogen-bond acceptors (Lipinski definition) is 8. The Balaban J connectivity index is 1.27. The number of aromatic amines is 1. The van der Waals surface area contributed by atoms with Gasteiger partial charge in [0.15, 0.2) is 0 Å². The van der Waals surface area contributed by atoms with Crippen molar-refractivity contribution in [1.82, 2.24) is 20.1 Å². The predicted octanol–water partition coefficient (Wildman–Crippen LogP) is 2.56. The highest BCUT2D eigenvalue weighted by molar-refractivity contribution is 5.76. The van der Waals surface area contributed by atoms with Gasteiger partial charge in [0.25, 0.3) is 5.56 Å². The molecule has 2 aromatic rings. The van der Waals surface area contributed by atoms with Crippen LogP contribution in [0.5, 0.6) is 0 Å². The van der Waals surface area contributed by atoms with Gasteiger partial charge in [0.1, 0.15) is 11.4 Å². The Hall–Kier alpha value is -3.40. The zero-order chi connectivity index (χ0) is 28.5. The number of alkyl halides is 6. The van der Waals surface area contributed by atoms with Crippen LogP contribution >= 0.6 is 0 Å². The van der Waals surface area contributed by atoms with E-state index in [9.17, 15) is 41.0 Å². The number of aromatic nitrogens is 3. The van der Waals surface area contributed by atoms with Crippen molar-refractivity contribution in [1.29, 1.82) is 0 Å². The lowest BCUT2D eigenvalue weighted by atomic mass is 9.93. The number of fused-ring (bicyclic) bond motifs is 3. The topological polar surface area (TPSA) is 124 Å². The van der Waals surface area contributed by atoms with Gasteiger partial charge in [-0.25, -0.2) is 10.1 Å². The summed E-state index contributed by atoms with van der Waals surface area (Å²) in [6, 6.07) is -0.0583. The highest BCUT2D eigenvalue weighted by Gasteiger charge is 2.40. The molecular weight excluding hydrogens is 538 g/mol. The standard InChI is InChI=1S/C23H26F6N6O4/c1-12(32-16-9-31-33-21(38)19(16)23(27,28)29)11-39-5-2-18(37)34-3-4-35-14(10-34)7-17(36)15-6-13(22(24,25)26)8-30-20(15)35/h6,8-9,12,14,17,36H,2-5,7,10-11H2,1H3,(H2,32,33,38)/t12-,14?,17?/m0/s1. The van der Waals surface area contributed by atoms with Crippen LogP contribution in [-0.4, -0.2) is 76.0 Å². The first kappa shape index (κ1) is 28.6. The third kappa shape index (κ3) is 6.43. The van der Waals surface area contributed by atoms with Crippen molar-refractivity contribution in [3.63, 3.8) is 0 Å². The van der Waals surface area contributed by atoms with E-state index in [0.717, 1.165) is 18.5 Å². The van der Waals surface area contributed by atoms with Crippen LogP contribution < -0.4 is 15.8 Å². The van der Waals surface area contributed by atoms with Crippen molar-refractivity contribution in [2.45, 2.75) is 50.3 Å². The molecule has 16 heteroatoms. The monoisotopic (exact) mass is 564 g/mol. The van der Waals surface area contributed by atoms with E-state index >= 15 is 0 Å². The molecule has 4 rings (SSSR count). The van der Waals surface area contributed by atoms with Crippen molar-refractivity contribution in [3.8, 4) is 0 Å². The van der Waals surface area contributed by atoms with Crippen molar-refractivity contribution in [2.24, 2.45) is 0 Å². The third-order valence-electron chi connectivity index (χ3n) is 6.55. The lowest BCUT2D eigenvalue weighted by Crippen LogP contribution is -2.57. The number of halogens is 6. The molecule has 2 aromatic heterocycles. The second kappa shape index (κ2) is 11.0. The molecule has 4 heterocycles. The summed E-state index contributed by atoms with van der Waals surface area (Å²) in [4.78, 5) is 31.6. The number of carbonyl (C=O) groups excluding carboxylic acids is 1. The fourth-order valence-electron chi connectivity index (χ4n) is 4.74. The van der Waals surface area contributed by atoms with Crippen molar-refractivity contribution in [2.75, 3.05) is 43.1 Å². The molecule has 0 aromatic carbocycles. The number of piperazine rings is 1. The van der Waals surface area contributed by atoms with Crippen LogP contribution in [0.3, 0.4) is 0 Å². The molecule has 3 atom stereocenters. The average Bonchev–Trinajstić information content (AvgIpc) is 2.84. The molecule has 39 heavy (non-hydrogen) atoms. The minimum absolute atomic E-state index is 0.00780. The largest absolute Gasteiger partial charge is 0.423 e. The van der Waals surface area contributed by atoms with Gasteiger partial charge in [0.05, 0.1) is 49.2 Å². The first-order chi connectivity index (χ1) is 18.3. The average molecular weight is 564 g/mol. The fourth-order valence-corrected chi connectivity index (χ4v) is 4.74. The lowest BCUT2D eigenvalue weighted by molar-refractivity contribution is -0.138. The number of nitrogens with one attached hydrogen (secondary N) is 2. The number of H-pyrrole nitrogens is 1. The molecule has 0 spiro atoms. The van der Waals surface area contributed by atoms with Crippen LogP contribution in [0.15, 0.2) is 23.3 Å². The summed E-state index contributed by atoms with van der Waals surface area (Å²) >= 11 is 0. The molecule has 10 nitrogen and oxygen atoms in total. The maximum Gasteiger partial charge on any atom is 0.423 e. The number of amides is 1. The maximum atomic E-state index is 13.2.